The van der Waals surface area contributed by atoms with Crippen LogP contribution in [0, 0.1) is 5.41 Å². The summed E-state index contributed by atoms with van der Waals surface area (Å²) in [5.41, 5.74) is 0.695. The lowest BCUT2D eigenvalue weighted by Crippen LogP contribution is -2.50. The molecule has 5 heteroatoms. The van der Waals surface area contributed by atoms with Gasteiger partial charge in [0.2, 0.25) is 5.91 Å². The highest BCUT2D eigenvalue weighted by Crippen LogP contribution is 2.36. The number of nitrogens with one attached hydrogen (secondary N) is 1. The molecule has 5 nitrogen and oxygen atoms in total. The lowest BCUT2D eigenvalue weighted by atomic mass is 9.90. The molecule has 1 aromatic carbocycles. The number of ether oxygens (including phenoxy) is 2. The number of rotatable bonds is 3. The van der Waals surface area contributed by atoms with Crippen molar-refractivity contribution in [1.29, 1.82) is 0 Å². The van der Waals surface area contributed by atoms with Crippen LogP contribution in [-0.4, -0.2) is 43.2 Å². The minimum Gasteiger partial charge on any atom is -0.493 e. The van der Waals surface area contributed by atoms with Gasteiger partial charge in [-0.1, -0.05) is 32.9 Å². The Labute approximate surface area is 144 Å². The van der Waals surface area contributed by atoms with Crippen molar-refractivity contribution in [2.45, 2.75) is 45.3 Å². The molecule has 0 saturated carbocycles. The van der Waals surface area contributed by atoms with Gasteiger partial charge < -0.3 is 14.4 Å². The normalized spacial score (nSPS) is 23.8. The topological polar surface area (TPSA) is 50.8 Å². The molecule has 0 radical (unpaired) electrons. The first-order valence-corrected chi connectivity index (χ1v) is 8.66. The summed E-state index contributed by atoms with van der Waals surface area (Å²) < 4.78 is 11.4. The molecule has 132 valence electrons. The van der Waals surface area contributed by atoms with Crippen LogP contribution in [0.25, 0.3) is 0 Å². The molecule has 0 bridgehead atoms. The zero-order valence-electron chi connectivity index (χ0n) is 15.1. The molecule has 1 N–H and O–H groups in total. The maximum Gasteiger partial charge on any atom is 0.244 e. The third kappa shape index (κ3) is 3.42. The third-order valence-corrected chi connectivity index (χ3v) is 4.72. The van der Waals surface area contributed by atoms with Crippen molar-refractivity contribution in [1.82, 2.24) is 10.2 Å². The minimum absolute atomic E-state index is 0.112. The van der Waals surface area contributed by atoms with Crippen LogP contribution in [0.15, 0.2) is 24.3 Å². The minimum atomic E-state index is -0.472. The summed E-state index contributed by atoms with van der Waals surface area (Å²) in [5.74, 6) is 1.01. The van der Waals surface area contributed by atoms with Crippen LogP contribution >= 0.6 is 0 Å². The molecular weight excluding hydrogens is 304 g/mol. The standard InChI is InChI=1S/C19H28N2O3/c1-18(2,3)13-24-15-7-5-6-14(12-15)16-20-19(17(22)21(16)4)8-10-23-11-9-19/h5-7,12,16,20H,8-11,13H2,1-4H3. The molecule has 0 aromatic heterocycles. The Morgan fingerprint density at radius 3 is 2.71 bits per heavy atom. The first-order chi connectivity index (χ1) is 11.3. The number of carbonyl (C=O) groups excluding carboxylic acids is 1. The molecule has 0 aliphatic carbocycles. The van der Waals surface area contributed by atoms with Crippen LogP contribution in [0.2, 0.25) is 0 Å². The van der Waals surface area contributed by atoms with Gasteiger partial charge in [0.1, 0.15) is 17.5 Å². The Kier molecular flexibility index (Phi) is 4.58. The molecule has 1 spiro atoms. The monoisotopic (exact) mass is 332 g/mol. The average molecular weight is 332 g/mol. The van der Waals surface area contributed by atoms with Gasteiger partial charge in [-0.2, -0.15) is 0 Å². The molecule has 1 aromatic rings. The van der Waals surface area contributed by atoms with E-state index < -0.39 is 5.54 Å². The maximum absolute atomic E-state index is 12.8. The van der Waals surface area contributed by atoms with Gasteiger partial charge in [-0.25, -0.2) is 0 Å². The molecule has 2 fully saturated rings. The molecule has 2 aliphatic rings. The number of amides is 1. The van der Waals surface area contributed by atoms with Crippen LogP contribution in [0.1, 0.15) is 45.3 Å². The fourth-order valence-corrected chi connectivity index (χ4v) is 3.33. The number of benzene rings is 1. The SMILES string of the molecule is CN1C(=O)C2(CCOCC2)NC1c1cccc(OCC(C)(C)C)c1. The van der Waals surface area contributed by atoms with E-state index in [4.69, 9.17) is 9.47 Å². The molecule has 1 unspecified atom stereocenters. The molecule has 1 amide bonds. The fourth-order valence-electron chi connectivity index (χ4n) is 3.33. The van der Waals surface area contributed by atoms with E-state index >= 15 is 0 Å². The van der Waals surface area contributed by atoms with Gasteiger partial charge in [0, 0.05) is 20.3 Å². The first kappa shape index (κ1) is 17.2. The zero-order valence-corrected chi connectivity index (χ0v) is 15.1. The van der Waals surface area contributed by atoms with Crippen LogP contribution in [-0.2, 0) is 9.53 Å². The number of nitrogens with zero attached hydrogens (tertiary/aromatic N) is 1. The Hall–Kier alpha value is -1.59. The zero-order chi connectivity index (χ0) is 17.4. The van der Waals surface area contributed by atoms with Crippen molar-refractivity contribution in [3.05, 3.63) is 29.8 Å². The third-order valence-electron chi connectivity index (χ3n) is 4.72. The van der Waals surface area contributed by atoms with Crippen LogP contribution in [0.3, 0.4) is 0 Å². The predicted molar refractivity (Wildman–Crippen MR) is 92.8 cm³/mol. The van der Waals surface area contributed by atoms with E-state index in [0.29, 0.717) is 19.8 Å². The second-order valence-electron chi connectivity index (χ2n) is 8.08. The van der Waals surface area contributed by atoms with E-state index in [-0.39, 0.29) is 17.5 Å². The predicted octanol–water partition coefficient (Wildman–Crippen LogP) is 2.72. The van der Waals surface area contributed by atoms with Crippen molar-refractivity contribution < 1.29 is 14.3 Å². The van der Waals surface area contributed by atoms with Gasteiger partial charge in [0.05, 0.1) is 6.61 Å². The highest BCUT2D eigenvalue weighted by atomic mass is 16.5. The average Bonchev–Trinajstić information content (AvgIpc) is 2.79. The van der Waals surface area contributed by atoms with Crippen molar-refractivity contribution in [3.8, 4) is 5.75 Å². The quantitative estimate of drug-likeness (QED) is 0.925. The summed E-state index contributed by atoms with van der Waals surface area (Å²) in [7, 11) is 1.87. The second-order valence-corrected chi connectivity index (χ2v) is 8.08. The van der Waals surface area contributed by atoms with E-state index in [0.717, 1.165) is 24.2 Å². The molecule has 3 rings (SSSR count). The summed E-state index contributed by atoms with van der Waals surface area (Å²) in [6.45, 7) is 8.37. The first-order valence-electron chi connectivity index (χ1n) is 8.66. The van der Waals surface area contributed by atoms with Gasteiger partial charge in [0.15, 0.2) is 0 Å². The fraction of sp³-hybridized carbons (Fsp3) is 0.632. The van der Waals surface area contributed by atoms with Crippen LogP contribution in [0.4, 0.5) is 0 Å². The van der Waals surface area contributed by atoms with Crippen molar-refractivity contribution >= 4 is 5.91 Å². The molecule has 2 saturated heterocycles. The van der Waals surface area contributed by atoms with Crippen molar-refractivity contribution in [3.63, 3.8) is 0 Å². The molecule has 24 heavy (non-hydrogen) atoms. The Morgan fingerprint density at radius 1 is 1.33 bits per heavy atom. The number of carbonyl (C=O) groups is 1. The second kappa shape index (κ2) is 6.37. The van der Waals surface area contributed by atoms with Crippen molar-refractivity contribution in [2.24, 2.45) is 5.41 Å². The lowest BCUT2D eigenvalue weighted by molar-refractivity contribution is -0.134. The summed E-state index contributed by atoms with van der Waals surface area (Å²) in [6, 6.07) is 8.04. The molecular formula is C19H28N2O3. The molecule has 2 aliphatic heterocycles. The van der Waals surface area contributed by atoms with E-state index in [1.807, 2.05) is 36.2 Å². The smallest absolute Gasteiger partial charge is 0.244 e. The number of likely N-dealkylation sites (N-methyl/N-ethyl adjacent to an activating group) is 1. The Bertz CT molecular complexity index is 603. The van der Waals surface area contributed by atoms with E-state index in [1.165, 1.54) is 0 Å². The number of hydrogen-bond acceptors (Lipinski definition) is 4. The maximum atomic E-state index is 12.8. The Morgan fingerprint density at radius 2 is 2.04 bits per heavy atom. The van der Waals surface area contributed by atoms with E-state index in [2.05, 4.69) is 26.1 Å². The van der Waals surface area contributed by atoms with Crippen LogP contribution in [0.5, 0.6) is 5.75 Å². The molecule has 2 heterocycles. The summed E-state index contributed by atoms with van der Waals surface area (Å²) in [4.78, 5) is 14.6. The van der Waals surface area contributed by atoms with Gasteiger partial charge in [-0.15, -0.1) is 0 Å². The van der Waals surface area contributed by atoms with E-state index in [1.54, 1.807) is 0 Å². The molecule has 1 atom stereocenters. The van der Waals surface area contributed by atoms with Gasteiger partial charge in [0.25, 0.3) is 0 Å². The summed E-state index contributed by atoms with van der Waals surface area (Å²) in [6.07, 6.45) is 1.34. The van der Waals surface area contributed by atoms with Gasteiger partial charge >= 0.3 is 0 Å². The van der Waals surface area contributed by atoms with Gasteiger partial charge in [-0.05, 0) is 36.0 Å². The summed E-state index contributed by atoms with van der Waals surface area (Å²) in [5, 5.41) is 3.56. The number of hydrogen-bond donors (Lipinski definition) is 1. The van der Waals surface area contributed by atoms with Crippen LogP contribution < -0.4 is 10.1 Å². The van der Waals surface area contributed by atoms with Crippen molar-refractivity contribution in [2.75, 3.05) is 26.9 Å². The van der Waals surface area contributed by atoms with E-state index in [9.17, 15) is 4.79 Å². The highest BCUT2D eigenvalue weighted by molar-refractivity contribution is 5.89. The van der Waals surface area contributed by atoms with Gasteiger partial charge in [-0.3, -0.25) is 10.1 Å². The summed E-state index contributed by atoms with van der Waals surface area (Å²) >= 11 is 0. The largest absolute Gasteiger partial charge is 0.493 e. The Balaban J connectivity index is 1.78. The lowest BCUT2D eigenvalue weighted by Gasteiger charge is -2.31. The highest BCUT2D eigenvalue weighted by Gasteiger charge is 2.50.